The van der Waals surface area contributed by atoms with Crippen LogP contribution in [0, 0.1) is 0 Å². The fourth-order valence-electron chi connectivity index (χ4n) is 4.76. The molecule has 2 aliphatic rings. The minimum Gasteiger partial charge on any atom is -0.481 e. The molecule has 4 rings (SSSR count). The van der Waals surface area contributed by atoms with E-state index >= 15 is 0 Å². The largest absolute Gasteiger partial charge is 0.481 e. The number of pyridine rings is 1. The van der Waals surface area contributed by atoms with E-state index in [1.54, 1.807) is 13.0 Å². The molecule has 1 fully saturated rings. The Hall–Kier alpha value is -3.08. The molecule has 0 aliphatic carbocycles. The predicted molar refractivity (Wildman–Crippen MR) is 120 cm³/mol. The van der Waals surface area contributed by atoms with Gasteiger partial charge in [0, 0.05) is 25.3 Å². The molecular formula is C24H29F3N4O4. The minimum absolute atomic E-state index is 0.126. The van der Waals surface area contributed by atoms with Crippen LogP contribution in [0.4, 0.5) is 13.2 Å². The number of amides is 2. The molecule has 4 heterocycles. The highest BCUT2D eigenvalue weighted by atomic mass is 19.4. The van der Waals surface area contributed by atoms with E-state index in [1.165, 1.54) is 6.20 Å². The van der Waals surface area contributed by atoms with Crippen LogP contribution < -0.4 is 10.1 Å². The van der Waals surface area contributed by atoms with Gasteiger partial charge < -0.3 is 24.3 Å². The summed E-state index contributed by atoms with van der Waals surface area (Å²) in [5, 5.41) is 2.82. The minimum atomic E-state index is -4.66. The van der Waals surface area contributed by atoms with E-state index in [4.69, 9.17) is 9.47 Å². The second-order valence-electron chi connectivity index (χ2n) is 8.84. The molecule has 0 bridgehead atoms. The number of aromatic nitrogens is 2. The fraction of sp³-hybridized carbons (Fsp3) is 0.542. The van der Waals surface area contributed by atoms with Crippen LogP contribution in [0.15, 0.2) is 18.3 Å². The maximum absolute atomic E-state index is 13.5. The van der Waals surface area contributed by atoms with E-state index in [2.05, 4.69) is 10.3 Å². The molecule has 2 aromatic heterocycles. The van der Waals surface area contributed by atoms with Gasteiger partial charge in [0.15, 0.2) is 0 Å². The predicted octanol–water partition coefficient (Wildman–Crippen LogP) is 3.95. The molecule has 0 spiro atoms. The molecule has 0 radical (unpaired) electrons. The average Bonchev–Trinajstić information content (AvgIpc) is 3.45. The number of alkyl halides is 3. The molecular weight excluding hydrogens is 465 g/mol. The number of ether oxygens (including phenoxy) is 2. The lowest BCUT2D eigenvalue weighted by atomic mass is 10.0. The van der Waals surface area contributed by atoms with Gasteiger partial charge in [0.25, 0.3) is 11.8 Å². The van der Waals surface area contributed by atoms with Crippen LogP contribution in [0.2, 0.25) is 0 Å². The van der Waals surface area contributed by atoms with Gasteiger partial charge in [0.05, 0.1) is 37.6 Å². The van der Waals surface area contributed by atoms with Crippen LogP contribution in [0.3, 0.4) is 0 Å². The van der Waals surface area contributed by atoms with Gasteiger partial charge >= 0.3 is 6.18 Å². The number of methoxy groups -OCH3 is 1. The van der Waals surface area contributed by atoms with Gasteiger partial charge in [-0.2, -0.15) is 13.2 Å². The van der Waals surface area contributed by atoms with Crippen LogP contribution in [0.1, 0.15) is 76.8 Å². The standard InChI is InChI=1S/C24H29F3N4O4/c1-4-18(15-10-17(24(25,26)27)22(34-3)28-12-15)29-21(32)16-11-19(31-8-9-35-13-20(16)31)23(33)30-7-5-6-14(30)2/h10-12,14,18H,4-9,13H2,1-3H3,(H,29,32)/t14-,18+/m0/s1. The van der Waals surface area contributed by atoms with Crippen molar-refractivity contribution in [3.05, 3.63) is 46.4 Å². The molecule has 2 amide bonds. The van der Waals surface area contributed by atoms with Crippen LogP contribution >= 0.6 is 0 Å². The molecule has 1 N–H and O–H groups in total. The van der Waals surface area contributed by atoms with Crippen LogP contribution in [-0.2, 0) is 24.1 Å². The Balaban J connectivity index is 1.63. The van der Waals surface area contributed by atoms with Crippen molar-refractivity contribution in [1.29, 1.82) is 0 Å². The third kappa shape index (κ3) is 4.86. The number of hydrogen-bond acceptors (Lipinski definition) is 5. The van der Waals surface area contributed by atoms with Crippen LogP contribution in [0.5, 0.6) is 5.88 Å². The van der Waals surface area contributed by atoms with Gasteiger partial charge in [-0.15, -0.1) is 0 Å². The number of fused-ring (bicyclic) bond motifs is 1. The first-order valence-corrected chi connectivity index (χ1v) is 11.7. The second-order valence-corrected chi connectivity index (χ2v) is 8.84. The molecule has 35 heavy (non-hydrogen) atoms. The van der Waals surface area contributed by atoms with Gasteiger partial charge in [0.1, 0.15) is 11.3 Å². The summed E-state index contributed by atoms with van der Waals surface area (Å²) < 4.78 is 52.5. The zero-order valence-electron chi connectivity index (χ0n) is 19.9. The summed E-state index contributed by atoms with van der Waals surface area (Å²) in [4.78, 5) is 32.2. The molecule has 190 valence electrons. The summed E-state index contributed by atoms with van der Waals surface area (Å²) in [6, 6.07) is 1.93. The first kappa shape index (κ1) is 25.0. The average molecular weight is 495 g/mol. The number of nitrogens with zero attached hydrogens (tertiary/aromatic N) is 3. The number of carbonyl (C=O) groups excluding carboxylic acids is 2. The topological polar surface area (TPSA) is 85.7 Å². The van der Waals surface area contributed by atoms with Crippen LogP contribution in [-0.4, -0.2) is 52.6 Å². The Morgan fingerprint density at radius 3 is 2.71 bits per heavy atom. The molecule has 1 saturated heterocycles. The Labute approximate surface area is 201 Å². The second kappa shape index (κ2) is 9.88. The lowest BCUT2D eigenvalue weighted by Gasteiger charge is -2.24. The highest BCUT2D eigenvalue weighted by molar-refractivity contribution is 6.01. The van der Waals surface area contributed by atoms with E-state index in [1.807, 2.05) is 16.4 Å². The summed E-state index contributed by atoms with van der Waals surface area (Å²) in [5.74, 6) is -1.14. The van der Waals surface area contributed by atoms with Crippen molar-refractivity contribution in [2.24, 2.45) is 0 Å². The van der Waals surface area contributed by atoms with Crippen molar-refractivity contribution < 1.29 is 32.2 Å². The van der Waals surface area contributed by atoms with Gasteiger partial charge in [0.2, 0.25) is 5.88 Å². The van der Waals surface area contributed by atoms with E-state index in [9.17, 15) is 22.8 Å². The molecule has 0 aromatic carbocycles. The quantitative estimate of drug-likeness (QED) is 0.658. The van der Waals surface area contributed by atoms with Crippen molar-refractivity contribution in [2.45, 2.75) is 64.5 Å². The molecule has 2 aliphatic heterocycles. The van der Waals surface area contributed by atoms with E-state index in [0.717, 1.165) is 26.0 Å². The highest BCUT2D eigenvalue weighted by Gasteiger charge is 2.37. The van der Waals surface area contributed by atoms with Gasteiger partial charge in [-0.25, -0.2) is 4.98 Å². The lowest BCUT2D eigenvalue weighted by Crippen LogP contribution is -2.35. The Morgan fingerprint density at radius 2 is 2.09 bits per heavy atom. The molecule has 2 aromatic rings. The third-order valence-electron chi connectivity index (χ3n) is 6.67. The number of hydrogen-bond donors (Lipinski definition) is 1. The Morgan fingerprint density at radius 1 is 1.31 bits per heavy atom. The molecule has 0 saturated carbocycles. The summed E-state index contributed by atoms with van der Waals surface area (Å²) in [6.45, 7) is 5.47. The summed E-state index contributed by atoms with van der Waals surface area (Å²) in [6.07, 6.45) is -1.18. The Bertz CT molecular complexity index is 1110. The van der Waals surface area contributed by atoms with Crippen molar-refractivity contribution in [3.63, 3.8) is 0 Å². The van der Waals surface area contributed by atoms with Crippen molar-refractivity contribution >= 4 is 11.8 Å². The number of likely N-dealkylation sites (tertiary alicyclic amines) is 1. The van der Waals surface area contributed by atoms with E-state index in [0.29, 0.717) is 37.5 Å². The van der Waals surface area contributed by atoms with Crippen LogP contribution in [0.25, 0.3) is 0 Å². The maximum Gasteiger partial charge on any atom is 0.421 e. The zero-order chi connectivity index (χ0) is 25.3. The summed E-state index contributed by atoms with van der Waals surface area (Å²) >= 11 is 0. The number of rotatable bonds is 6. The van der Waals surface area contributed by atoms with E-state index in [-0.39, 0.29) is 29.7 Å². The maximum atomic E-state index is 13.5. The summed E-state index contributed by atoms with van der Waals surface area (Å²) in [7, 11) is 1.12. The van der Waals surface area contributed by atoms with Gasteiger partial charge in [-0.05, 0) is 43.9 Å². The highest BCUT2D eigenvalue weighted by Crippen LogP contribution is 2.36. The van der Waals surface area contributed by atoms with Crippen molar-refractivity contribution in [3.8, 4) is 5.88 Å². The molecule has 2 atom stereocenters. The van der Waals surface area contributed by atoms with Gasteiger partial charge in [-0.3, -0.25) is 9.59 Å². The molecule has 11 heteroatoms. The number of nitrogens with one attached hydrogen (secondary N) is 1. The number of carbonyl (C=O) groups is 2. The number of halogens is 3. The SMILES string of the molecule is CC[C@@H](NC(=O)c1cc(C(=O)N2CCC[C@@H]2C)n2c1COCC2)c1cnc(OC)c(C(F)(F)F)c1. The zero-order valence-corrected chi connectivity index (χ0v) is 19.9. The van der Waals surface area contributed by atoms with Gasteiger partial charge in [-0.1, -0.05) is 6.92 Å². The molecule has 8 nitrogen and oxygen atoms in total. The Kier molecular flexibility index (Phi) is 7.07. The first-order valence-electron chi connectivity index (χ1n) is 11.7. The third-order valence-corrected chi connectivity index (χ3v) is 6.67. The normalized spacial score (nSPS) is 18.8. The monoisotopic (exact) mass is 494 g/mol. The summed E-state index contributed by atoms with van der Waals surface area (Å²) in [5.41, 5.74) is 0.507. The van der Waals surface area contributed by atoms with E-state index < -0.39 is 29.6 Å². The van der Waals surface area contributed by atoms with Crippen molar-refractivity contribution in [1.82, 2.24) is 19.8 Å². The smallest absolute Gasteiger partial charge is 0.421 e. The lowest BCUT2D eigenvalue weighted by molar-refractivity contribution is -0.139. The van der Waals surface area contributed by atoms with Crippen molar-refractivity contribution in [2.75, 3.05) is 20.3 Å². The molecule has 0 unspecified atom stereocenters. The first-order chi connectivity index (χ1) is 16.7. The fourth-order valence-corrected chi connectivity index (χ4v) is 4.76.